The van der Waals surface area contributed by atoms with E-state index in [4.69, 9.17) is 16.3 Å². The molecule has 0 spiro atoms. The fourth-order valence-corrected chi connectivity index (χ4v) is 1.74. The number of aromatic nitrogens is 1. The number of hydrogen-bond donors (Lipinski definition) is 0. The molecule has 0 saturated heterocycles. The maximum absolute atomic E-state index is 5.95. The average Bonchev–Trinajstić information content (AvgIpc) is 2.29. The molecule has 0 aliphatic rings. The molecule has 0 bridgehead atoms. The molecule has 0 aliphatic carbocycles. The quantitative estimate of drug-likeness (QED) is 0.593. The van der Waals surface area contributed by atoms with Crippen molar-refractivity contribution in [3.63, 3.8) is 0 Å². The van der Waals surface area contributed by atoms with E-state index in [-0.39, 0.29) is 0 Å². The van der Waals surface area contributed by atoms with Gasteiger partial charge in [0.25, 0.3) is 0 Å². The highest BCUT2D eigenvalue weighted by molar-refractivity contribution is 6.30. The van der Waals surface area contributed by atoms with Gasteiger partial charge in [-0.25, -0.2) is 4.98 Å². The molecule has 0 radical (unpaired) electrons. The molecule has 0 N–H and O–H groups in total. The van der Waals surface area contributed by atoms with Gasteiger partial charge < -0.3 is 4.74 Å². The molecule has 0 fully saturated rings. The van der Waals surface area contributed by atoms with Crippen LogP contribution in [-0.2, 0) is 4.74 Å². The third kappa shape index (κ3) is 2.34. The zero-order valence-electron chi connectivity index (χ0n) is 8.98. The van der Waals surface area contributed by atoms with Crippen molar-refractivity contribution in [2.45, 2.75) is 6.92 Å². The number of halogens is 1. The fourth-order valence-electron chi connectivity index (χ4n) is 1.53. The minimum atomic E-state index is 0.495. The smallest absolute Gasteiger partial charge is 0.130 e. The molecular formula is C13H12ClNO. The zero-order chi connectivity index (χ0) is 11.4. The Labute approximate surface area is 99.5 Å². The summed E-state index contributed by atoms with van der Waals surface area (Å²) in [5.41, 5.74) is 0.830. The van der Waals surface area contributed by atoms with Crippen LogP contribution in [0.15, 0.2) is 36.6 Å². The second kappa shape index (κ2) is 4.99. The summed E-state index contributed by atoms with van der Waals surface area (Å²) in [6.07, 6.45) is 3.48. The van der Waals surface area contributed by atoms with Crippen molar-refractivity contribution in [1.82, 2.24) is 4.98 Å². The number of hydrogen-bond acceptors (Lipinski definition) is 2. The molecule has 2 rings (SSSR count). The van der Waals surface area contributed by atoms with Gasteiger partial charge in [-0.2, -0.15) is 0 Å². The highest BCUT2D eigenvalue weighted by Crippen LogP contribution is 2.21. The molecule has 1 heterocycles. The van der Waals surface area contributed by atoms with Gasteiger partial charge in [0.05, 0.1) is 18.6 Å². The Balaban J connectivity index is 2.50. The van der Waals surface area contributed by atoms with Crippen molar-refractivity contribution in [2.24, 2.45) is 0 Å². The van der Waals surface area contributed by atoms with Crippen molar-refractivity contribution in [1.29, 1.82) is 0 Å². The van der Waals surface area contributed by atoms with Crippen LogP contribution in [0.3, 0.4) is 0 Å². The van der Waals surface area contributed by atoms with E-state index in [0.29, 0.717) is 11.8 Å². The lowest BCUT2D eigenvalue weighted by molar-refractivity contribution is 0.272. The first-order valence-corrected chi connectivity index (χ1v) is 5.52. The highest BCUT2D eigenvalue weighted by atomic mass is 35.5. The van der Waals surface area contributed by atoms with Crippen LogP contribution in [0.1, 0.15) is 12.6 Å². The molecule has 3 heteroatoms. The second-order valence-corrected chi connectivity index (χ2v) is 3.70. The van der Waals surface area contributed by atoms with Gasteiger partial charge in [0.2, 0.25) is 0 Å². The Morgan fingerprint density at radius 2 is 2.19 bits per heavy atom. The summed E-state index contributed by atoms with van der Waals surface area (Å²) in [4.78, 5) is 4.27. The van der Waals surface area contributed by atoms with Crippen LogP contribution in [0.4, 0.5) is 0 Å². The van der Waals surface area contributed by atoms with E-state index in [2.05, 4.69) is 4.98 Å². The first kappa shape index (κ1) is 11.0. The van der Waals surface area contributed by atoms with Gasteiger partial charge in [-0.15, -0.1) is 0 Å². The highest BCUT2D eigenvalue weighted by Gasteiger charge is 2.01. The van der Waals surface area contributed by atoms with E-state index in [9.17, 15) is 0 Å². The molecule has 1 aromatic heterocycles. The largest absolute Gasteiger partial charge is 0.501 e. The van der Waals surface area contributed by atoms with Crippen molar-refractivity contribution in [2.75, 3.05) is 6.61 Å². The summed E-state index contributed by atoms with van der Waals surface area (Å²) in [5.74, 6) is 0. The molecule has 16 heavy (non-hydrogen) atoms. The Hall–Kier alpha value is -1.54. The Bertz CT molecular complexity index is 522. The first-order chi connectivity index (χ1) is 7.81. The minimum absolute atomic E-state index is 0.495. The van der Waals surface area contributed by atoms with Crippen LogP contribution in [0.25, 0.3) is 16.8 Å². The lowest BCUT2D eigenvalue weighted by Gasteiger charge is -2.02. The third-order valence-corrected chi connectivity index (χ3v) is 2.42. The van der Waals surface area contributed by atoms with Crippen LogP contribution in [0.5, 0.6) is 0 Å². The molecule has 1 aromatic carbocycles. The maximum Gasteiger partial charge on any atom is 0.130 e. The summed E-state index contributed by atoms with van der Waals surface area (Å²) < 4.78 is 5.16. The van der Waals surface area contributed by atoms with Crippen molar-refractivity contribution in [3.05, 3.63) is 47.4 Å². The number of ether oxygens (including phenoxy) is 1. The summed E-state index contributed by atoms with van der Waals surface area (Å²) in [5, 5.41) is 2.65. The van der Waals surface area contributed by atoms with Gasteiger partial charge in [0.15, 0.2) is 0 Å². The molecule has 0 unspecified atom stereocenters. The third-order valence-electron chi connectivity index (χ3n) is 2.23. The van der Waals surface area contributed by atoms with E-state index in [1.807, 2.05) is 43.3 Å². The number of nitrogens with zero attached hydrogens (tertiary/aromatic N) is 1. The molecule has 2 nitrogen and oxygen atoms in total. The normalized spacial score (nSPS) is 11.1. The predicted molar refractivity (Wildman–Crippen MR) is 67.4 cm³/mol. The summed E-state index contributed by atoms with van der Waals surface area (Å²) in [6.45, 7) is 2.59. The number of rotatable bonds is 3. The van der Waals surface area contributed by atoms with Crippen molar-refractivity contribution >= 4 is 28.4 Å². The average molecular weight is 234 g/mol. The Kier molecular flexibility index (Phi) is 3.42. The van der Waals surface area contributed by atoms with E-state index >= 15 is 0 Å². The monoisotopic (exact) mass is 233 g/mol. The standard InChI is InChI=1S/C13H12ClNO/c1-2-16-8-7-12-11-6-4-3-5-10(11)9-13(14)15-12/h3-9H,2H2,1H3. The fraction of sp³-hybridized carbons (Fsp3) is 0.154. The number of benzene rings is 1. The predicted octanol–water partition coefficient (Wildman–Crippen LogP) is 3.90. The van der Waals surface area contributed by atoms with Crippen LogP contribution in [-0.4, -0.2) is 11.6 Å². The summed E-state index contributed by atoms with van der Waals surface area (Å²) in [6, 6.07) is 9.85. The molecule has 82 valence electrons. The molecule has 0 aliphatic heterocycles. The molecule has 0 amide bonds. The van der Waals surface area contributed by atoms with Crippen molar-refractivity contribution in [3.8, 4) is 0 Å². The summed E-state index contributed by atoms with van der Waals surface area (Å²) in [7, 11) is 0. The SMILES string of the molecule is CCOC=Cc1nc(Cl)cc2ccccc12. The Morgan fingerprint density at radius 3 is 3.00 bits per heavy atom. The maximum atomic E-state index is 5.95. The second-order valence-electron chi connectivity index (χ2n) is 3.31. The van der Waals surface area contributed by atoms with E-state index in [1.54, 1.807) is 6.26 Å². The lowest BCUT2D eigenvalue weighted by atomic mass is 10.1. The first-order valence-electron chi connectivity index (χ1n) is 5.14. The Morgan fingerprint density at radius 1 is 1.38 bits per heavy atom. The lowest BCUT2D eigenvalue weighted by Crippen LogP contribution is -1.86. The van der Waals surface area contributed by atoms with Crippen LogP contribution in [0, 0.1) is 0 Å². The zero-order valence-corrected chi connectivity index (χ0v) is 9.74. The van der Waals surface area contributed by atoms with Gasteiger partial charge in [-0.1, -0.05) is 35.9 Å². The van der Waals surface area contributed by atoms with Gasteiger partial charge in [-0.05, 0) is 24.5 Å². The van der Waals surface area contributed by atoms with Gasteiger partial charge in [0, 0.05) is 5.39 Å². The number of fused-ring (bicyclic) bond motifs is 1. The van der Waals surface area contributed by atoms with E-state index in [1.165, 1.54) is 0 Å². The molecule has 2 aromatic rings. The number of pyridine rings is 1. The van der Waals surface area contributed by atoms with Crippen molar-refractivity contribution < 1.29 is 4.74 Å². The van der Waals surface area contributed by atoms with Gasteiger partial charge >= 0.3 is 0 Å². The van der Waals surface area contributed by atoms with Gasteiger partial charge in [0.1, 0.15) is 5.15 Å². The van der Waals surface area contributed by atoms with E-state index in [0.717, 1.165) is 16.5 Å². The van der Waals surface area contributed by atoms with Crippen LogP contribution < -0.4 is 0 Å². The molecule has 0 saturated carbocycles. The van der Waals surface area contributed by atoms with Crippen LogP contribution in [0.2, 0.25) is 5.15 Å². The topological polar surface area (TPSA) is 22.1 Å². The minimum Gasteiger partial charge on any atom is -0.501 e. The summed E-state index contributed by atoms with van der Waals surface area (Å²) >= 11 is 5.95. The molecule has 0 atom stereocenters. The van der Waals surface area contributed by atoms with Crippen LogP contribution >= 0.6 is 11.6 Å². The van der Waals surface area contributed by atoms with Gasteiger partial charge in [-0.3, -0.25) is 0 Å². The molecular weight excluding hydrogens is 222 g/mol. The van der Waals surface area contributed by atoms with E-state index < -0.39 is 0 Å².